The van der Waals surface area contributed by atoms with E-state index in [1.807, 2.05) is 31.3 Å². The van der Waals surface area contributed by atoms with Crippen molar-refractivity contribution in [3.8, 4) is 0 Å². The molecule has 2 atom stereocenters. The van der Waals surface area contributed by atoms with Crippen LogP contribution in [-0.4, -0.2) is 16.2 Å². The van der Waals surface area contributed by atoms with Gasteiger partial charge in [-0.1, -0.05) is 32.0 Å². The molecule has 3 aromatic rings. The van der Waals surface area contributed by atoms with Crippen LogP contribution >= 0.6 is 0 Å². The van der Waals surface area contributed by atoms with Crippen LogP contribution in [0.5, 0.6) is 0 Å². The number of para-hydroxylation sites is 1. The van der Waals surface area contributed by atoms with Gasteiger partial charge in [0, 0.05) is 10.9 Å². The summed E-state index contributed by atoms with van der Waals surface area (Å²) in [5, 5.41) is 14.5. The zero-order valence-electron chi connectivity index (χ0n) is 16.0. The Morgan fingerprint density at radius 2 is 2.15 bits per heavy atom. The Kier molecular flexibility index (Phi) is 4.64. The lowest BCUT2D eigenvalue weighted by atomic mass is 9.94. The predicted molar refractivity (Wildman–Crippen MR) is 104 cm³/mol. The number of aromatic amines is 1. The van der Waals surface area contributed by atoms with Crippen LogP contribution in [0.2, 0.25) is 0 Å². The molecule has 0 fully saturated rings. The molecule has 1 aromatic carbocycles. The second-order valence-corrected chi connectivity index (χ2v) is 7.68. The molecule has 0 spiro atoms. The maximum atomic E-state index is 12.8. The van der Waals surface area contributed by atoms with Crippen molar-refractivity contribution in [2.75, 3.05) is 0 Å². The Balaban J connectivity index is 1.54. The van der Waals surface area contributed by atoms with E-state index < -0.39 is 0 Å². The summed E-state index contributed by atoms with van der Waals surface area (Å²) in [7, 11) is 0. The predicted octanol–water partition coefficient (Wildman–Crippen LogP) is 4.54. The molecule has 2 amide bonds. The van der Waals surface area contributed by atoms with Gasteiger partial charge >= 0.3 is 6.03 Å². The molecule has 2 aromatic heterocycles. The molecular weight excluding hydrogens is 340 g/mol. The summed E-state index contributed by atoms with van der Waals surface area (Å²) in [6, 6.07) is 7.58. The molecule has 27 heavy (non-hydrogen) atoms. The first-order valence-corrected chi connectivity index (χ1v) is 9.61. The molecule has 0 radical (unpaired) electrons. The van der Waals surface area contributed by atoms with E-state index in [9.17, 15) is 4.79 Å². The highest BCUT2D eigenvalue weighted by molar-refractivity contribution is 5.82. The zero-order valence-corrected chi connectivity index (χ0v) is 16.0. The molecule has 142 valence electrons. The van der Waals surface area contributed by atoms with E-state index in [4.69, 9.17) is 4.42 Å². The molecule has 1 aliphatic carbocycles. The third-order valence-electron chi connectivity index (χ3n) is 5.46. The van der Waals surface area contributed by atoms with Crippen LogP contribution in [-0.2, 0) is 6.42 Å². The van der Waals surface area contributed by atoms with Gasteiger partial charge in [0.1, 0.15) is 11.3 Å². The number of benzene rings is 1. The molecular formula is C21H26N4O2. The van der Waals surface area contributed by atoms with Crippen LogP contribution in [0.3, 0.4) is 0 Å². The highest BCUT2D eigenvalue weighted by atomic mass is 16.3. The van der Waals surface area contributed by atoms with Gasteiger partial charge in [0.2, 0.25) is 0 Å². The smallest absolute Gasteiger partial charge is 0.315 e. The third-order valence-corrected chi connectivity index (χ3v) is 5.46. The molecule has 4 rings (SSSR count). The van der Waals surface area contributed by atoms with E-state index in [0.29, 0.717) is 0 Å². The normalized spacial score (nSPS) is 17.7. The molecule has 0 saturated heterocycles. The van der Waals surface area contributed by atoms with Gasteiger partial charge in [0.05, 0.1) is 24.0 Å². The average molecular weight is 366 g/mol. The summed E-state index contributed by atoms with van der Waals surface area (Å²) >= 11 is 0. The first-order chi connectivity index (χ1) is 13.0. The van der Waals surface area contributed by atoms with Gasteiger partial charge in [-0.05, 0) is 43.7 Å². The molecule has 1 aliphatic rings. The average Bonchev–Trinajstić information content (AvgIpc) is 3.25. The second-order valence-electron chi connectivity index (χ2n) is 7.68. The minimum Gasteiger partial charge on any atom is -0.459 e. The number of rotatable bonds is 4. The summed E-state index contributed by atoms with van der Waals surface area (Å²) < 4.78 is 6.10. The van der Waals surface area contributed by atoms with E-state index in [-0.39, 0.29) is 24.0 Å². The van der Waals surface area contributed by atoms with Crippen LogP contribution in [0.15, 0.2) is 34.9 Å². The molecule has 6 nitrogen and oxygen atoms in total. The Morgan fingerprint density at radius 3 is 2.93 bits per heavy atom. The Bertz CT molecular complexity index is 956. The number of H-pyrrole nitrogens is 1. The van der Waals surface area contributed by atoms with Crippen molar-refractivity contribution >= 4 is 17.0 Å². The number of hydrogen-bond acceptors (Lipinski definition) is 3. The van der Waals surface area contributed by atoms with E-state index in [1.54, 1.807) is 0 Å². The molecule has 3 N–H and O–H groups in total. The fraction of sp³-hybridized carbons (Fsp3) is 0.429. The highest BCUT2D eigenvalue weighted by Crippen LogP contribution is 2.33. The molecule has 0 aliphatic heterocycles. The molecule has 2 heterocycles. The van der Waals surface area contributed by atoms with Crippen molar-refractivity contribution in [1.82, 2.24) is 20.8 Å². The topological polar surface area (TPSA) is 83.0 Å². The first kappa shape index (κ1) is 17.6. The number of aromatic nitrogens is 2. The number of amides is 2. The fourth-order valence-electron chi connectivity index (χ4n) is 3.97. The number of carbonyl (C=O) groups is 1. The lowest BCUT2D eigenvalue weighted by Crippen LogP contribution is -2.42. The molecule has 6 heteroatoms. The van der Waals surface area contributed by atoms with Crippen molar-refractivity contribution in [2.45, 2.75) is 52.1 Å². The fourth-order valence-corrected chi connectivity index (χ4v) is 3.97. The summed E-state index contributed by atoms with van der Waals surface area (Å²) in [6.45, 7) is 6.23. The lowest BCUT2D eigenvalue weighted by molar-refractivity contribution is 0.224. The van der Waals surface area contributed by atoms with E-state index in [0.717, 1.165) is 47.2 Å². The number of aryl methyl sites for hydroxylation is 2. The summed E-state index contributed by atoms with van der Waals surface area (Å²) in [5.41, 5.74) is 4.16. The van der Waals surface area contributed by atoms with Gasteiger partial charge in [-0.2, -0.15) is 5.10 Å². The van der Waals surface area contributed by atoms with Crippen LogP contribution in [0, 0.1) is 12.8 Å². The largest absolute Gasteiger partial charge is 0.459 e. The first-order valence-electron chi connectivity index (χ1n) is 9.61. The minimum atomic E-state index is -0.192. The molecule has 0 saturated carbocycles. The van der Waals surface area contributed by atoms with Gasteiger partial charge in [-0.3, -0.25) is 5.10 Å². The van der Waals surface area contributed by atoms with Crippen LogP contribution in [0.25, 0.3) is 11.0 Å². The number of nitrogens with one attached hydrogen (secondary N) is 3. The Morgan fingerprint density at radius 1 is 1.33 bits per heavy atom. The van der Waals surface area contributed by atoms with Crippen LogP contribution in [0.4, 0.5) is 4.79 Å². The third kappa shape index (κ3) is 3.31. The second kappa shape index (κ2) is 7.10. The van der Waals surface area contributed by atoms with E-state index in [2.05, 4.69) is 40.7 Å². The van der Waals surface area contributed by atoms with Crippen molar-refractivity contribution in [3.05, 3.63) is 53.0 Å². The summed E-state index contributed by atoms with van der Waals surface area (Å²) in [5.74, 6) is 1.02. The monoisotopic (exact) mass is 366 g/mol. The highest BCUT2D eigenvalue weighted by Gasteiger charge is 2.28. The van der Waals surface area contributed by atoms with Crippen molar-refractivity contribution < 1.29 is 9.21 Å². The number of carbonyl (C=O) groups excluding carboxylic acids is 1. The number of hydrogen-bond donors (Lipinski definition) is 3. The number of fused-ring (bicyclic) bond motifs is 2. The molecule has 2 unspecified atom stereocenters. The van der Waals surface area contributed by atoms with Crippen LogP contribution < -0.4 is 10.6 Å². The number of furan rings is 1. The van der Waals surface area contributed by atoms with Crippen molar-refractivity contribution in [3.63, 3.8) is 0 Å². The van der Waals surface area contributed by atoms with Gasteiger partial charge in [-0.25, -0.2) is 4.79 Å². The van der Waals surface area contributed by atoms with Crippen molar-refractivity contribution in [2.24, 2.45) is 5.92 Å². The van der Waals surface area contributed by atoms with Gasteiger partial charge < -0.3 is 15.1 Å². The van der Waals surface area contributed by atoms with Gasteiger partial charge in [0.15, 0.2) is 0 Å². The lowest BCUT2D eigenvalue weighted by Gasteiger charge is -2.26. The zero-order chi connectivity index (χ0) is 19.0. The maximum Gasteiger partial charge on any atom is 0.315 e. The SMILES string of the molecule is Cc1c(C(NC(=O)NC2CCCc3cn[nH]c32)C(C)C)oc2ccccc12. The standard InChI is InChI=1S/C21H26N4O2/c1-12(2)18(20-13(3)15-8-4-5-10-17(15)27-20)24-21(26)23-16-9-6-7-14-11-22-25-19(14)16/h4-5,8,10-12,16,18H,6-7,9H2,1-3H3,(H,22,25)(H2,23,24,26). The maximum absolute atomic E-state index is 12.8. The molecule has 0 bridgehead atoms. The van der Waals surface area contributed by atoms with Gasteiger partial charge in [-0.15, -0.1) is 0 Å². The van der Waals surface area contributed by atoms with E-state index in [1.165, 1.54) is 5.56 Å². The van der Waals surface area contributed by atoms with Crippen LogP contribution in [0.1, 0.15) is 61.4 Å². The van der Waals surface area contributed by atoms with Gasteiger partial charge in [0.25, 0.3) is 0 Å². The number of nitrogens with zero attached hydrogens (tertiary/aromatic N) is 1. The summed E-state index contributed by atoms with van der Waals surface area (Å²) in [4.78, 5) is 12.8. The van der Waals surface area contributed by atoms with E-state index >= 15 is 0 Å². The van der Waals surface area contributed by atoms with Crippen molar-refractivity contribution in [1.29, 1.82) is 0 Å². The Labute approximate surface area is 158 Å². The summed E-state index contributed by atoms with van der Waals surface area (Å²) in [6.07, 6.45) is 4.83. The minimum absolute atomic E-state index is 0.0270. The number of urea groups is 1. The Hall–Kier alpha value is -2.76. The quantitative estimate of drug-likeness (QED) is 0.634.